The molecule has 0 atom stereocenters. The third-order valence-electron chi connectivity index (χ3n) is 7.16. The van der Waals surface area contributed by atoms with Crippen LogP contribution in [0.4, 0.5) is 0 Å². The molecule has 0 unspecified atom stereocenters. The zero-order valence-electron chi connectivity index (χ0n) is 20.1. The summed E-state index contributed by atoms with van der Waals surface area (Å²) in [4.78, 5) is 4.64. The highest BCUT2D eigenvalue weighted by Crippen LogP contribution is 2.38. The molecule has 0 aliphatic heterocycles. The minimum absolute atomic E-state index is 0.670. The first kappa shape index (κ1) is 24.0. The second kappa shape index (κ2) is 13.7. The molecule has 1 fully saturated rings. The number of aryl methyl sites for hydroxylation is 1. The van der Waals surface area contributed by atoms with Crippen molar-refractivity contribution in [3.63, 3.8) is 0 Å². The maximum Gasteiger partial charge on any atom is 0.257 e. The highest BCUT2D eigenvalue weighted by molar-refractivity contribution is 5.53. The lowest BCUT2D eigenvalue weighted by Crippen LogP contribution is -2.13. The summed E-state index contributed by atoms with van der Waals surface area (Å²) in [6.45, 7) is 4.56. The maximum absolute atomic E-state index is 5.55. The first-order valence-electron chi connectivity index (χ1n) is 13.2. The van der Waals surface area contributed by atoms with Gasteiger partial charge in [0.1, 0.15) is 0 Å². The molecule has 3 nitrogen and oxygen atoms in total. The van der Waals surface area contributed by atoms with Crippen LogP contribution in [-0.2, 0) is 6.42 Å². The van der Waals surface area contributed by atoms with E-state index < -0.39 is 0 Å². The molecule has 0 saturated heterocycles. The summed E-state index contributed by atoms with van der Waals surface area (Å²) >= 11 is 0. The zero-order chi connectivity index (χ0) is 21.7. The number of rotatable bonds is 14. The molecule has 1 heterocycles. The molecule has 0 spiro atoms. The van der Waals surface area contributed by atoms with Crippen LogP contribution in [0.1, 0.15) is 127 Å². The van der Waals surface area contributed by atoms with Crippen molar-refractivity contribution >= 4 is 0 Å². The van der Waals surface area contributed by atoms with Crippen molar-refractivity contribution in [3.8, 4) is 11.5 Å². The Kier molecular flexibility index (Phi) is 10.6. The van der Waals surface area contributed by atoms with Crippen molar-refractivity contribution in [1.29, 1.82) is 0 Å². The van der Waals surface area contributed by atoms with Gasteiger partial charge in [-0.15, -0.1) is 0 Å². The first-order valence-corrected chi connectivity index (χ1v) is 13.2. The van der Waals surface area contributed by atoms with Gasteiger partial charge in [0.25, 0.3) is 5.89 Å². The molecule has 3 heteroatoms. The van der Waals surface area contributed by atoms with Gasteiger partial charge in [-0.05, 0) is 61.6 Å². The highest BCUT2D eigenvalue weighted by Gasteiger charge is 2.22. The van der Waals surface area contributed by atoms with Gasteiger partial charge < -0.3 is 4.52 Å². The minimum Gasteiger partial charge on any atom is -0.334 e. The minimum atomic E-state index is 0.670. The average Bonchev–Trinajstić information content (AvgIpc) is 3.28. The fourth-order valence-corrected chi connectivity index (χ4v) is 5.08. The van der Waals surface area contributed by atoms with Crippen molar-refractivity contribution < 1.29 is 4.52 Å². The Morgan fingerprint density at radius 1 is 0.774 bits per heavy atom. The lowest BCUT2D eigenvalue weighted by Gasteiger charge is -2.29. The van der Waals surface area contributed by atoms with Gasteiger partial charge in [0.15, 0.2) is 5.82 Å². The predicted octanol–water partition coefficient (Wildman–Crippen LogP) is 8.88. The molecule has 1 aromatic heterocycles. The summed E-state index contributed by atoms with van der Waals surface area (Å²) in [5.41, 5.74) is 2.54. The summed E-state index contributed by atoms with van der Waals surface area (Å²) in [6, 6.07) is 8.93. The Balaban J connectivity index is 1.40. The Morgan fingerprint density at radius 3 is 2.13 bits per heavy atom. The van der Waals surface area contributed by atoms with Gasteiger partial charge in [-0.3, -0.25) is 0 Å². The summed E-state index contributed by atoms with van der Waals surface area (Å²) in [5, 5.41) is 4.20. The predicted molar refractivity (Wildman–Crippen MR) is 130 cm³/mol. The van der Waals surface area contributed by atoms with Crippen molar-refractivity contribution in [1.82, 2.24) is 10.1 Å². The van der Waals surface area contributed by atoms with E-state index in [0.717, 1.165) is 36.1 Å². The number of nitrogens with zero attached hydrogens (tertiary/aromatic N) is 2. The maximum atomic E-state index is 5.55. The Hall–Kier alpha value is -1.64. The van der Waals surface area contributed by atoms with Gasteiger partial charge in [0, 0.05) is 12.0 Å². The molecule has 0 bridgehead atoms. The van der Waals surface area contributed by atoms with Crippen LogP contribution in [0.15, 0.2) is 28.8 Å². The van der Waals surface area contributed by atoms with Gasteiger partial charge in [-0.1, -0.05) is 95.3 Å². The molecule has 1 saturated carbocycles. The van der Waals surface area contributed by atoms with Crippen LogP contribution >= 0.6 is 0 Å². The van der Waals surface area contributed by atoms with Gasteiger partial charge in [0.2, 0.25) is 0 Å². The van der Waals surface area contributed by atoms with Gasteiger partial charge in [0.05, 0.1) is 0 Å². The first-order chi connectivity index (χ1) is 15.3. The number of benzene rings is 1. The fraction of sp³-hybridized carbons (Fsp3) is 0.714. The topological polar surface area (TPSA) is 38.9 Å². The van der Waals surface area contributed by atoms with E-state index in [1.165, 1.54) is 95.5 Å². The van der Waals surface area contributed by atoms with Crippen molar-refractivity contribution in [2.24, 2.45) is 5.92 Å². The zero-order valence-corrected chi connectivity index (χ0v) is 20.1. The van der Waals surface area contributed by atoms with Crippen LogP contribution in [0.5, 0.6) is 0 Å². The lowest BCUT2D eigenvalue weighted by atomic mass is 9.77. The highest BCUT2D eigenvalue weighted by atomic mass is 16.5. The van der Waals surface area contributed by atoms with Crippen LogP contribution in [0, 0.1) is 5.92 Å². The SMILES string of the molecule is CCCCCCCCCc1noc(-c2ccc(C3CCC(CCCCC)CC3)cc2)n1. The average molecular weight is 425 g/mol. The van der Waals surface area contributed by atoms with E-state index in [2.05, 4.69) is 48.3 Å². The monoisotopic (exact) mass is 424 g/mol. The molecule has 0 N–H and O–H groups in total. The largest absolute Gasteiger partial charge is 0.334 e. The summed E-state index contributed by atoms with van der Waals surface area (Å²) in [6.07, 6.45) is 21.2. The summed E-state index contributed by atoms with van der Waals surface area (Å²) in [7, 11) is 0. The molecule has 1 aliphatic carbocycles. The molecular formula is C28H44N2O. The van der Waals surface area contributed by atoms with Crippen LogP contribution < -0.4 is 0 Å². The third kappa shape index (κ3) is 8.09. The second-order valence-electron chi connectivity index (χ2n) is 9.72. The van der Waals surface area contributed by atoms with E-state index in [1.807, 2.05) is 0 Å². The number of aromatic nitrogens is 2. The van der Waals surface area contributed by atoms with Gasteiger partial charge in [-0.25, -0.2) is 0 Å². The molecule has 172 valence electrons. The van der Waals surface area contributed by atoms with E-state index >= 15 is 0 Å². The Morgan fingerprint density at radius 2 is 1.42 bits per heavy atom. The van der Waals surface area contributed by atoms with Gasteiger partial charge in [-0.2, -0.15) is 4.98 Å². The summed E-state index contributed by atoms with van der Waals surface area (Å²) < 4.78 is 5.55. The van der Waals surface area contributed by atoms with E-state index in [-0.39, 0.29) is 0 Å². The van der Waals surface area contributed by atoms with E-state index in [9.17, 15) is 0 Å². The van der Waals surface area contributed by atoms with Crippen molar-refractivity contribution in [2.75, 3.05) is 0 Å². The standard InChI is InChI=1S/C28H44N2O/c1-3-5-7-8-9-10-12-14-27-29-28(31-30-27)26-21-19-25(20-22-26)24-17-15-23(16-18-24)13-11-6-4-2/h19-24H,3-18H2,1-2H3. The van der Waals surface area contributed by atoms with Crippen molar-refractivity contribution in [3.05, 3.63) is 35.7 Å². The fourth-order valence-electron chi connectivity index (χ4n) is 5.08. The number of hydrogen-bond acceptors (Lipinski definition) is 3. The Labute approximate surface area is 190 Å². The van der Waals surface area contributed by atoms with Crippen molar-refractivity contribution in [2.45, 2.75) is 122 Å². The van der Waals surface area contributed by atoms with Crippen LogP contribution in [-0.4, -0.2) is 10.1 Å². The Bertz CT molecular complexity index is 713. The number of hydrogen-bond donors (Lipinski definition) is 0. The molecule has 2 aromatic rings. The van der Waals surface area contributed by atoms with Gasteiger partial charge >= 0.3 is 0 Å². The quantitative estimate of drug-likeness (QED) is 0.284. The smallest absolute Gasteiger partial charge is 0.257 e. The third-order valence-corrected chi connectivity index (χ3v) is 7.16. The van der Waals surface area contributed by atoms with Crippen LogP contribution in [0.2, 0.25) is 0 Å². The second-order valence-corrected chi connectivity index (χ2v) is 9.72. The molecule has 1 aromatic carbocycles. The molecule has 0 amide bonds. The molecular weight excluding hydrogens is 380 g/mol. The molecule has 0 radical (unpaired) electrons. The number of unbranched alkanes of at least 4 members (excludes halogenated alkanes) is 8. The van der Waals surface area contributed by atoms with E-state index in [4.69, 9.17) is 4.52 Å². The molecule has 31 heavy (non-hydrogen) atoms. The molecule has 1 aliphatic rings. The van der Waals surface area contributed by atoms with Crippen LogP contribution in [0.25, 0.3) is 11.5 Å². The van der Waals surface area contributed by atoms with E-state index in [0.29, 0.717) is 5.89 Å². The normalized spacial score (nSPS) is 19.0. The van der Waals surface area contributed by atoms with Crippen LogP contribution in [0.3, 0.4) is 0 Å². The molecule has 3 rings (SSSR count). The summed E-state index contributed by atoms with van der Waals surface area (Å²) in [5.74, 6) is 3.22. The lowest BCUT2D eigenvalue weighted by molar-refractivity contribution is 0.303. The van der Waals surface area contributed by atoms with E-state index in [1.54, 1.807) is 0 Å².